The van der Waals surface area contributed by atoms with Crippen molar-refractivity contribution in [2.24, 2.45) is 0 Å². The lowest BCUT2D eigenvalue weighted by atomic mass is 10.0. The molecule has 4 heteroatoms. The van der Waals surface area contributed by atoms with Gasteiger partial charge in [0, 0.05) is 6.04 Å². The predicted octanol–water partition coefficient (Wildman–Crippen LogP) is 1.60. The Labute approximate surface area is 103 Å². The molecular weight excluding hydrogens is 216 g/mol. The Hall–Kier alpha value is -0.630. The molecule has 0 aromatic carbocycles. The summed E-state index contributed by atoms with van der Waals surface area (Å²) in [6, 6.07) is 2.66. The fourth-order valence-electron chi connectivity index (χ4n) is 2.37. The molecule has 0 aromatic heterocycles. The number of rotatable bonds is 5. The molecule has 0 bridgehead atoms. The molecule has 4 nitrogen and oxygen atoms in total. The fraction of sp³-hybridized carbons (Fsp3) is 0.923. The highest BCUT2D eigenvalue weighted by Gasteiger charge is 2.28. The molecule has 1 N–H and O–H groups in total. The van der Waals surface area contributed by atoms with Gasteiger partial charge in [-0.15, -0.1) is 0 Å². The Kier molecular flexibility index (Phi) is 4.38. The van der Waals surface area contributed by atoms with Crippen molar-refractivity contribution in [3.63, 3.8) is 0 Å². The van der Waals surface area contributed by atoms with E-state index < -0.39 is 0 Å². The standard InChI is InChI=1S/C13H22N2O2/c1-9-5-13(6-10(2)17-9)16-8-12(7-14)15-11-3-4-11/h9-13,15H,3-6,8H2,1-2H3. The van der Waals surface area contributed by atoms with Crippen LogP contribution in [-0.4, -0.2) is 37.0 Å². The van der Waals surface area contributed by atoms with E-state index in [1.54, 1.807) is 0 Å². The molecule has 2 rings (SSSR count). The second kappa shape index (κ2) is 5.81. The minimum absolute atomic E-state index is 0.157. The molecule has 0 spiro atoms. The maximum atomic E-state index is 9.02. The van der Waals surface area contributed by atoms with Crippen molar-refractivity contribution in [3.05, 3.63) is 0 Å². The van der Waals surface area contributed by atoms with E-state index >= 15 is 0 Å². The number of ether oxygens (including phenoxy) is 2. The van der Waals surface area contributed by atoms with Crippen molar-refractivity contribution in [1.82, 2.24) is 5.32 Å². The lowest BCUT2D eigenvalue weighted by molar-refractivity contribution is -0.103. The zero-order valence-electron chi connectivity index (χ0n) is 10.7. The van der Waals surface area contributed by atoms with E-state index in [0.717, 1.165) is 12.8 Å². The molecule has 0 radical (unpaired) electrons. The third kappa shape index (κ3) is 4.27. The van der Waals surface area contributed by atoms with E-state index in [2.05, 4.69) is 25.2 Å². The maximum Gasteiger partial charge on any atom is 0.119 e. The molecule has 1 aliphatic carbocycles. The van der Waals surface area contributed by atoms with Crippen LogP contribution < -0.4 is 5.32 Å². The van der Waals surface area contributed by atoms with Crippen LogP contribution in [0, 0.1) is 11.3 Å². The van der Waals surface area contributed by atoms with Crippen LogP contribution in [0.4, 0.5) is 0 Å². The molecule has 0 amide bonds. The van der Waals surface area contributed by atoms with Crippen LogP contribution in [0.3, 0.4) is 0 Å². The lowest BCUT2D eigenvalue weighted by Gasteiger charge is -2.32. The van der Waals surface area contributed by atoms with Gasteiger partial charge in [0.25, 0.3) is 0 Å². The molecule has 0 aromatic rings. The smallest absolute Gasteiger partial charge is 0.119 e. The van der Waals surface area contributed by atoms with Crippen molar-refractivity contribution in [3.8, 4) is 6.07 Å². The molecule has 17 heavy (non-hydrogen) atoms. The lowest BCUT2D eigenvalue weighted by Crippen LogP contribution is -2.39. The second-order valence-corrected chi connectivity index (χ2v) is 5.31. The van der Waals surface area contributed by atoms with Crippen molar-refractivity contribution in [1.29, 1.82) is 5.26 Å². The van der Waals surface area contributed by atoms with Crippen LogP contribution in [-0.2, 0) is 9.47 Å². The first kappa shape index (κ1) is 12.8. The number of hydrogen-bond acceptors (Lipinski definition) is 4. The highest BCUT2D eigenvalue weighted by molar-refractivity contribution is 4.96. The van der Waals surface area contributed by atoms with Crippen LogP contribution in [0.5, 0.6) is 0 Å². The van der Waals surface area contributed by atoms with E-state index in [4.69, 9.17) is 14.7 Å². The van der Waals surface area contributed by atoms with Crippen molar-refractivity contribution >= 4 is 0 Å². The summed E-state index contributed by atoms with van der Waals surface area (Å²) in [7, 11) is 0. The van der Waals surface area contributed by atoms with E-state index in [0.29, 0.717) is 12.6 Å². The highest BCUT2D eigenvalue weighted by atomic mass is 16.5. The van der Waals surface area contributed by atoms with Crippen LogP contribution in [0.15, 0.2) is 0 Å². The maximum absolute atomic E-state index is 9.02. The first-order chi connectivity index (χ1) is 8.17. The molecule has 96 valence electrons. The summed E-state index contributed by atoms with van der Waals surface area (Å²) in [6.07, 6.45) is 5.04. The first-order valence-electron chi connectivity index (χ1n) is 6.60. The third-order valence-corrected chi connectivity index (χ3v) is 3.32. The Bertz CT molecular complexity index is 276. The molecule has 1 heterocycles. The van der Waals surface area contributed by atoms with Gasteiger partial charge in [0.15, 0.2) is 0 Å². The summed E-state index contributed by atoms with van der Waals surface area (Å²) in [5.41, 5.74) is 0. The Balaban J connectivity index is 1.70. The molecule has 3 unspecified atom stereocenters. The summed E-state index contributed by atoms with van der Waals surface area (Å²) in [4.78, 5) is 0. The fourth-order valence-corrected chi connectivity index (χ4v) is 2.37. The zero-order valence-corrected chi connectivity index (χ0v) is 10.7. The van der Waals surface area contributed by atoms with E-state index in [-0.39, 0.29) is 24.4 Å². The molecule has 2 aliphatic rings. The van der Waals surface area contributed by atoms with Crippen LogP contribution >= 0.6 is 0 Å². The number of nitrogens with zero attached hydrogens (tertiary/aromatic N) is 1. The number of hydrogen-bond donors (Lipinski definition) is 1. The topological polar surface area (TPSA) is 54.3 Å². The molecule has 1 saturated carbocycles. The van der Waals surface area contributed by atoms with Crippen LogP contribution in [0.1, 0.15) is 39.5 Å². The monoisotopic (exact) mass is 238 g/mol. The van der Waals surface area contributed by atoms with E-state index in [1.807, 2.05) is 0 Å². The van der Waals surface area contributed by atoms with Gasteiger partial charge in [0.1, 0.15) is 6.04 Å². The Morgan fingerprint density at radius 2 is 2.00 bits per heavy atom. The van der Waals surface area contributed by atoms with E-state index in [1.165, 1.54) is 12.8 Å². The molecule has 1 aliphatic heterocycles. The van der Waals surface area contributed by atoms with Gasteiger partial charge in [-0.2, -0.15) is 5.26 Å². The van der Waals surface area contributed by atoms with Gasteiger partial charge in [-0.05, 0) is 39.5 Å². The normalized spacial score (nSPS) is 35.2. The van der Waals surface area contributed by atoms with Gasteiger partial charge in [0.2, 0.25) is 0 Å². The van der Waals surface area contributed by atoms with Gasteiger partial charge in [0.05, 0.1) is 31.0 Å². The summed E-state index contributed by atoms with van der Waals surface area (Å²) >= 11 is 0. The SMILES string of the molecule is CC1CC(OCC(C#N)NC2CC2)CC(C)O1. The largest absolute Gasteiger partial charge is 0.375 e. The minimum atomic E-state index is -0.157. The van der Waals surface area contributed by atoms with Crippen molar-refractivity contribution < 1.29 is 9.47 Å². The molecular formula is C13H22N2O2. The highest BCUT2D eigenvalue weighted by Crippen LogP contribution is 2.22. The van der Waals surface area contributed by atoms with Crippen LogP contribution in [0.2, 0.25) is 0 Å². The first-order valence-corrected chi connectivity index (χ1v) is 6.60. The van der Waals surface area contributed by atoms with Crippen molar-refractivity contribution in [2.45, 2.75) is 69.9 Å². The van der Waals surface area contributed by atoms with Crippen LogP contribution in [0.25, 0.3) is 0 Å². The molecule has 3 atom stereocenters. The Morgan fingerprint density at radius 3 is 2.53 bits per heavy atom. The summed E-state index contributed by atoms with van der Waals surface area (Å²) in [6.45, 7) is 4.66. The summed E-state index contributed by atoms with van der Waals surface area (Å²) in [5, 5.41) is 12.3. The van der Waals surface area contributed by atoms with Crippen molar-refractivity contribution in [2.75, 3.05) is 6.61 Å². The second-order valence-electron chi connectivity index (χ2n) is 5.31. The number of nitrogens with one attached hydrogen (secondary N) is 1. The van der Waals surface area contributed by atoms with Gasteiger partial charge < -0.3 is 9.47 Å². The average molecular weight is 238 g/mol. The van der Waals surface area contributed by atoms with Gasteiger partial charge >= 0.3 is 0 Å². The molecule has 1 saturated heterocycles. The Morgan fingerprint density at radius 1 is 1.35 bits per heavy atom. The quantitative estimate of drug-likeness (QED) is 0.790. The minimum Gasteiger partial charge on any atom is -0.375 e. The average Bonchev–Trinajstić information content (AvgIpc) is 3.06. The van der Waals surface area contributed by atoms with Gasteiger partial charge in [-0.25, -0.2) is 0 Å². The summed E-state index contributed by atoms with van der Waals surface area (Å²) in [5.74, 6) is 0. The number of nitriles is 1. The van der Waals surface area contributed by atoms with Gasteiger partial charge in [-0.3, -0.25) is 5.32 Å². The zero-order chi connectivity index (χ0) is 12.3. The van der Waals surface area contributed by atoms with Gasteiger partial charge in [-0.1, -0.05) is 0 Å². The predicted molar refractivity (Wildman–Crippen MR) is 64.5 cm³/mol. The molecule has 2 fully saturated rings. The third-order valence-electron chi connectivity index (χ3n) is 3.32. The summed E-state index contributed by atoms with van der Waals surface area (Å²) < 4.78 is 11.5. The van der Waals surface area contributed by atoms with E-state index in [9.17, 15) is 0 Å².